The minimum absolute atomic E-state index is 0.0686. The van der Waals surface area contributed by atoms with Crippen molar-refractivity contribution in [2.24, 2.45) is 5.92 Å². The summed E-state index contributed by atoms with van der Waals surface area (Å²) in [5.74, 6) is 2.19. The summed E-state index contributed by atoms with van der Waals surface area (Å²) in [6, 6.07) is 8.03. The van der Waals surface area contributed by atoms with Crippen LogP contribution in [0.25, 0.3) is 11.4 Å². The number of amides is 1. The van der Waals surface area contributed by atoms with Gasteiger partial charge in [-0.1, -0.05) is 54.6 Å². The van der Waals surface area contributed by atoms with Crippen molar-refractivity contribution in [1.29, 1.82) is 0 Å². The van der Waals surface area contributed by atoms with Crippen LogP contribution in [0.3, 0.4) is 0 Å². The molecule has 2 fully saturated rings. The Bertz CT molecular complexity index is 779. The molecule has 0 bridgehead atoms. The van der Waals surface area contributed by atoms with Crippen LogP contribution in [-0.4, -0.2) is 27.5 Å². The van der Waals surface area contributed by atoms with Gasteiger partial charge in [-0.3, -0.25) is 4.79 Å². The quantitative estimate of drug-likeness (QED) is 0.740. The third kappa shape index (κ3) is 4.23. The number of aromatic nitrogens is 2. The molecule has 0 N–H and O–H groups in total. The van der Waals surface area contributed by atoms with Gasteiger partial charge in [0.25, 0.3) is 0 Å². The molecule has 2 aliphatic rings. The van der Waals surface area contributed by atoms with E-state index in [4.69, 9.17) is 4.52 Å². The molecule has 1 unspecified atom stereocenters. The van der Waals surface area contributed by atoms with Gasteiger partial charge in [-0.15, -0.1) is 0 Å². The van der Waals surface area contributed by atoms with E-state index in [9.17, 15) is 4.79 Å². The molecule has 0 radical (unpaired) electrons. The molecule has 1 aromatic carbocycles. The van der Waals surface area contributed by atoms with E-state index in [0.29, 0.717) is 18.1 Å². The highest BCUT2D eigenvalue weighted by Crippen LogP contribution is 2.33. The monoisotopic (exact) mass is 367 g/mol. The number of likely N-dealkylation sites (tertiary alicyclic amines) is 1. The largest absolute Gasteiger partial charge is 0.337 e. The Kier molecular flexibility index (Phi) is 5.55. The number of rotatable bonds is 5. The van der Waals surface area contributed by atoms with Crippen LogP contribution in [0.1, 0.15) is 75.3 Å². The third-order valence-electron chi connectivity index (χ3n) is 6.07. The lowest BCUT2D eigenvalue weighted by Crippen LogP contribution is -2.38. The van der Waals surface area contributed by atoms with Crippen molar-refractivity contribution in [3.8, 4) is 11.4 Å². The number of aryl methyl sites for hydroxylation is 1. The highest BCUT2D eigenvalue weighted by atomic mass is 16.5. The molecule has 1 aliphatic heterocycles. The average Bonchev–Trinajstić information content (AvgIpc) is 3.38. The van der Waals surface area contributed by atoms with Gasteiger partial charge in [0.15, 0.2) is 0 Å². The lowest BCUT2D eigenvalue weighted by molar-refractivity contribution is -0.136. The molecule has 4 rings (SSSR count). The number of nitrogens with zero attached hydrogens (tertiary/aromatic N) is 3. The Hall–Kier alpha value is -2.17. The summed E-state index contributed by atoms with van der Waals surface area (Å²) in [4.78, 5) is 19.5. The molecule has 1 saturated heterocycles. The maximum Gasteiger partial charge on any atom is 0.249 e. The van der Waals surface area contributed by atoms with E-state index in [1.807, 2.05) is 17.0 Å². The fourth-order valence-electron chi connectivity index (χ4n) is 4.53. The first kappa shape index (κ1) is 18.2. The van der Waals surface area contributed by atoms with Gasteiger partial charge in [0.1, 0.15) is 6.04 Å². The lowest BCUT2D eigenvalue weighted by Gasteiger charge is -2.33. The van der Waals surface area contributed by atoms with Gasteiger partial charge in [-0.2, -0.15) is 4.98 Å². The Morgan fingerprint density at radius 1 is 1.19 bits per heavy atom. The number of hydrogen-bond donors (Lipinski definition) is 0. The fourth-order valence-corrected chi connectivity index (χ4v) is 4.53. The first-order valence-electron chi connectivity index (χ1n) is 10.4. The first-order chi connectivity index (χ1) is 13.2. The standard InChI is InChI=1S/C22H29N3O2/c1-16-7-6-10-18(15-16)21-23-22(27-24-21)19-11-4-5-14-25(19)20(26)13-12-17-8-2-3-9-17/h6-7,10,15,17,19H,2-5,8-9,11-14H2,1H3. The second kappa shape index (κ2) is 8.24. The Balaban J connectivity index is 1.46. The second-order valence-corrected chi connectivity index (χ2v) is 8.11. The number of hydrogen-bond acceptors (Lipinski definition) is 4. The number of piperidine rings is 1. The van der Waals surface area contributed by atoms with Gasteiger partial charge < -0.3 is 9.42 Å². The Labute approximate surface area is 161 Å². The summed E-state index contributed by atoms with van der Waals surface area (Å²) >= 11 is 0. The molecule has 144 valence electrons. The van der Waals surface area contributed by atoms with Crippen molar-refractivity contribution in [1.82, 2.24) is 15.0 Å². The van der Waals surface area contributed by atoms with Gasteiger partial charge in [0.2, 0.25) is 17.6 Å². The van der Waals surface area contributed by atoms with E-state index in [1.54, 1.807) is 0 Å². The zero-order valence-corrected chi connectivity index (χ0v) is 16.2. The molecule has 1 saturated carbocycles. The maximum atomic E-state index is 12.9. The van der Waals surface area contributed by atoms with Crippen LogP contribution in [0.5, 0.6) is 0 Å². The average molecular weight is 367 g/mol. The molecule has 1 aromatic heterocycles. The second-order valence-electron chi connectivity index (χ2n) is 8.11. The number of benzene rings is 1. The molecule has 27 heavy (non-hydrogen) atoms. The van der Waals surface area contributed by atoms with Crippen LogP contribution >= 0.6 is 0 Å². The molecule has 1 amide bonds. The fraction of sp³-hybridized carbons (Fsp3) is 0.591. The van der Waals surface area contributed by atoms with E-state index < -0.39 is 0 Å². The topological polar surface area (TPSA) is 59.2 Å². The van der Waals surface area contributed by atoms with Crippen molar-refractivity contribution >= 4 is 5.91 Å². The third-order valence-corrected chi connectivity index (χ3v) is 6.07. The summed E-state index contributed by atoms with van der Waals surface area (Å²) in [6.45, 7) is 2.85. The van der Waals surface area contributed by atoms with Crippen molar-refractivity contribution in [2.75, 3.05) is 6.54 Å². The summed E-state index contributed by atoms with van der Waals surface area (Å²) in [5, 5.41) is 4.18. The first-order valence-corrected chi connectivity index (χ1v) is 10.4. The van der Waals surface area contributed by atoms with Gasteiger partial charge in [0, 0.05) is 18.5 Å². The zero-order valence-electron chi connectivity index (χ0n) is 16.2. The molecule has 5 nitrogen and oxygen atoms in total. The molecular weight excluding hydrogens is 338 g/mol. The van der Waals surface area contributed by atoms with Crippen molar-refractivity contribution in [3.63, 3.8) is 0 Å². The molecule has 1 atom stereocenters. The van der Waals surface area contributed by atoms with Crippen LogP contribution < -0.4 is 0 Å². The van der Waals surface area contributed by atoms with E-state index in [-0.39, 0.29) is 11.9 Å². The van der Waals surface area contributed by atoms with Crippen LogP contribution in [0.15, 0.2) is 28.8 Å². The molecule has 1 aliphatic carbocycles. The normalized spacial score (nSPS) is 20.9. The van der Waals surface area contributed by atoms with Gasteiger partial charge in [-0.25, -0.2) is 0 Å². The minimum atomic E-state index is -0.0686. The van der Waals surface area contributed by atoms with E-state index in [2.05, 4.69) is 29.2 Å². The molecule has 2 aromatic rings. The maximum absolute atomic E-state index is 12.9. The molecule has 5 heteroatoms. The summed E-state index contributed by atoms with van der Waals surface area (Å²) in [6.07, 6.45) is 9.99. The van der Waals surface area contributed by atoms with Crippen LogP contribution in [0, 0.1) is 12.8 Å². The summed E-state index contributed by atoms with van der Waals surface area (Å²) in [7, 11) is 0. The minimum Gasteiger partial charge on any atom is -0.337 e. The van der Waals surface area contributed by atoms with Crippen molar-refractivity contribution in [3.05, 3.63) is 35.7 Å². The van der Waals surface area contributed by atoms with Gasteiger partial charge in [-0.05, 0) is 44.6 Å². The Morgan fingerprint density at radius 2 is 2.00 bits per heavy atom. The van der Waals surface area contributed by atoms with Crippen LogP contribution in [0.2, 0.25) is 0 Å². The predicted octanol–water partition coefficient (Wildman–Crippen LogP) is 5.07. The predicted molar refractivity (Wildman–Crippen MR) is 104 cm³/mol. The highest BCUT2D eigenvalue weighted by molar-refractivity contribution is 5.76. The van der Waals surface area contributed by atoms with E-state index in [0.717, 1.165) is 43.7 Å². The molecule has 2 heterocycles. The van der Waals surface area contributed by atoms with Crippen LogP contribution in [0.4, 0.5) is 0 Å². The van der Waals surface area contributed by atoms with Gasteiger partial charge >= 0.3 is 0 Å². The van der Waals surface area contributed by atoms with Crippen molar-refractivity contribution < 1.29 is 9.32 Å². The SMILES string of the molecule is Cc1cccc(-c2noc(C3CCCCN3C(=O)CCC3CCCC3)n2)c1. The molecular formula is C22H29N3O2. The van der Waals surface area contributed by atoms with E-state index >= 15 is 0 Å². The van der Waals surface area contributed by atoms with Gasteiger partial charge in [0.05, 0.1) is 0 Å². The summed E-state index contributed by atoms with van der Waals surface area (Å²) in [5.41, 5.74) is 2.13. The smallest absolute Gasteiger partial charge is 0.249 e. The van der Waals surface area contributed by atoms with Crippen molar-refractivity contribution in [2.45, 2.75) is 70.8 Å². The number of carbonyl (C=O) groups excluding carboxylic acids is 1. The van der Waals surface area contributed by atoms with Crippen LogP contribution in [-0.2, 0) is 4.79 Å². The van der Waals surface area contributed by atoms with E-state index in [1.165, 1.54) is 31.2 Å². The molecule has 0 spiro atoms. The highest BCUT2D eigenvalue weighted by Gasteiger charge is 2.32. The lowest BCUT2D eigenvalue weighted by atomic mass is 9.98. The zero-order chi connectivity index (χ0) is 18.6. The summed E-state index contributed by atoms with van der Waals surface area (Å²) < 4.78 is 5.60. The Morgan fingerprint density at radius 3 is 2.81 bits per heavy atom. The number of carbonyl (C=O) groups is 1.